The van der Waals surface area contributed by atoms with E-state index in [-0.39, 0.29) is 11.1 Å². The average molecular weight is 313 g/mol. The summed E-state index contributed by atoms with van der Waals surface area (Å²) in [5, 5.41) is 8.41. The molecule has 108 valence electrons. The highest BCUT2D eigenvalue weighted by Gasteiger charge is 2.22. The number of nitrogen functional groups attached to an aromatic ring is 1. The molecule has 2 aromatic rings. The number of carbonyl (C=O) groups excluding carboxylic acids is 1. The Hall–Kier alpha value is -2.54. The van der Waals surface area contributed by atoms with E-state index in [0.29, 0.717) is 6.29 Å². The third-order valence-corrected chi connectivity index (χ3v) is 3.10. The third kappa shape index (κ3) is 2.55. The number of nitrogens with two attached hydrogens (primary N) is 1. The van der Waals surface area contributed by atoms with Crippen molar-refractivity contribution in [2.24, 2.45) is 0 Å². The summed E-state index contributed by atoms with van der Waals surface area (Å²) in [5.41, 5.74) is 3.39. The quantitative estimate of drug-likeness (QED) is 0.850. The Morgan fingerprint density at radius 3 is 2.57 bits per heavy atom. The highest BCUT2D eigenvalue weighted by Crippen LogP contribution is 2.32. The minimum absolute atomic E-state index is 0.0681. The molecule has 0 atom stereocenters. The number of aromatic carboxylic acids is 1. The van der Waals surface area contributed by atoms with Crippen LogP contribution in [0.3, 0.4) is 0 Å². The molecular formula is C13H7ClF2N2O3. The fourth-order valence-corrected chi connectivity index (χ4v) is 1.87. The van der Waals surface area contributed by atoms with Crippen molar-refractivity contribution >= 4 is 29.5 Å². The molecule has 0 radical (unpaired) electrons. The number of carbonyl (C=O) groups is 2. The van der Waals surface area contributed by atoms with E-state index >= 15 is 0 Å². The molecule has 0 saturated carbocycles. The number of hydrogen-bond acceptors (Lipinski definition) is 4. The number of pyridine rings is 1. The maximum absolute atomic E-state index is 14.0. The lowest BCUT2D eigenvalue weighted by Gasteiger charge is -2.09. The van der Waals surface area contributed by atoms with Crippen LogP contribution in [-0.4, -0.2) is 22.3 Å². The summed E-state index contributed by atoms with van der Waals surface area (Å²) < 4.78 is 27.6. The molecular weight excluding hydrogens is 306 g/mol. The SMILES string of the molecule is Nc1c(F)c(-c2ccc(C=O)c(F)c2)nc(C(=O)O)c1Cl. The first-order valence-corrected chi connectivity index (χ1v) is 5.87. The number of anilines is 1. The lowest BCUT2D eigenvalue weighted by atomic mass is 10.1. The Morgan fingerprint density at radius 1 is 1.38 bits per heavy atom. The van der Waals surface area contributed by atoms with Gasteiger partial charge in [-0.05, 0) is 12.1 Å². The Bertz CT molecular complexity index is 766. The van der Waals surface area contributed by atoms with Crippen molar-refractivity contribution in [2.45, 2.75) is 0 Å². The van der Waals surface area contributed by atoms with Crippen LogP contribution in [0.25, 0.3) is 11.3 Å². The van der Waals surface area contributed by atoms with Gasteiger partial charge >= 0.3 is 5.97 Å². The standard InChI is InChI=1S/C13H7ClF2N2O3/c14-8-10(17)9(16)11(18-12(8)13(20)21)5-1-2-6(4-19)7(15)3-5/h1-4H,(H2,17,18)(H,20,21). The van der Waals surface area contributed by atoms with Gasteiger partial charge in [0.2, 0.25) is 0 Å². The molecule has 0 amide bonds. The van der Waals surface area contributed by atoms with Crippen LogP contribution in [0.1, 0.15) is 20.8 Å². The van der Waals surface area contributed by atoms with Gasteiger partial charge in [0.05, 0.1) is 16.3 Å². The molecule has 0 bridgehead atoms. The highest BCUT2D eigenvalue weighted by atomic mass is 35.5. The van der Waals surface area contributed by atoms with E-state index in [1.54, 1.807) is 0 Å². The van der Waals surface area contributed by atoms with Gasteiger partial charge in [-0.2, -0.15) is 0 Å². The van der Waals surface area contributed by atoms with E-state index in [1.807, 2.05) is 0 Å². The van der Waals surface area contributed by atoms with E-state index in [1.165, 1.54) is 6.07 Å². The van der Waals surface area contributed by atoms with Gasteiger partial charge in [-0.25, -0.2) is 18.6 Å². The molecule has 3 N–H and O–H groups in total. The summed E-state index contributed by atoms with van der Waals surface area (Å²) in [4.78, 5) is 25.1. The highest BCUT2D eigenvalue weighted by molar-refractivity contribution is 6.35. The Balaban J connectivity index is 2.72. The fourth-order valence-electron chi connectivity index (χ4n) is 1.66. The zero-order valence-corrected chi connectivity index (χ0v) is 11.0. The lowest BCUT2D eigenvalue weighted by Crippen LogP contribution is -2.08. The number of hydrogen-bond donors (Lipinski definition) is 2. The number of nitrogens with zero attached hydrogens (tertiary/aromatic N) is 1. The van der Waals surface area contributed by atoms with E-state index in [4.69, 9.17) is 22.4 Å². The van der Waals surface area contributed by atoms with Crippen molar-refractivity contribution in [3.8, 4) is 11.3 Å². The normalized spacial score (nSPS) is 10.4. The number of aldehydes is 1. The number of benzene rings is 1. The van der Waals surface area contributed by atoms with Gasteiger partial charge in [0.15, 0.2) is 17.8 Å². The van der Waals surface area contributed by atoms with E-state index < -0.39 is 39.7 Å². The minimum Gasteiger partial charge on any atom is -0.476 e. The van der Waals surface area contributed by atoms with Crippen molar-refractivity contribution < 1.29 is 23.5 Å². The molecule has 0 fully saturated rings. The van der Waals surface area contributed by atoms with Crippen LogP contribution in [0.4, 0.5) is 14.5 Å². The first-order chi connectivity index (χ1) is 9.86. The van der Waals surface area contributed by atoms with Gasteiger partial charge in [0.1, 0.15) is 11.5 Å². The number of carboxylic acid groups (broad SMARTS) is 1. The average Bonchev–Trinajstić information content (AvgIpc) is 2.44. The summed E-state index contributed by atoms with van der Waals surface area (Å²) in [5.74, 6) is -3.46. The van der Waals surface area contributed by atoms with E-state index in [2.05, 4.69) is 4.98 Å². The molecule has 0 spiro atoms. The predicted octanol–water partition coefficient (Wildman–Crippen LogP) is 2.77. The van der Waals surface area contributed by atoms with E-state index in [9.17, 15) is 18.4 Å². The lowest BCUT2D eigenvalue weighted by molar-refractivity contribution is 0.0690. The number of rotatable bonds is 3. The predicted molar refractivity (Wildman–Crippen MR) is 71.4 cm³/mol. The van der Waals surface area contributed by atoms with Crippen molar-refractivity contribution in [1.82, 2.24) is 4.98 Å². The van der Waals surface area contributed by atoms with Crippen LogP contribution in [-0.2, 0) is 0 Å². The van der Waals surface area contributed by atoms with Crippen LogP contribution >= 0.6 is 11.6 Å². The van der Waals surface area contributed by atoms with Crippen LogP contribution in [0.15, 0.2) is 18.2 Å². The summed E-state index contributed by atoms with van der Waals surface area (Å²) in [6.45, 7) is 0. The van der Waals surface area contributed by atoms with Gasteiger partial charge in [-0.1, -0.05) is 17.7 Å². The number of halogens is 3. The maximum Gasteiger partial charge on any atom is 0.356 e. The molecule has 2 rings (SSSR count). The molecule has 5 nitrogen and oxygen atoms in total. The summed E-state index contributed by atoms with van der Waals surface area (Å²) in [6.07, 6.45) is 0.293. The van der Waals surface area contributed by atoms with Crippen LogP contribution < -0.4 is 5.73 Å². The van der Waals surface area contributed by atoms with Crippen molar-refractivity contribution in [2.75, 3.05) is 5.73 Å². The second kappa shape index (κ2) is 5.45. The Morgan fingerprint density at radius 2 is 2.05 bits per heavy atom. The van der Waals surface area contributed by atoms with Crippen LogP contribution in [0.5, 0.6) is 0 Å². The van der Waals surface area contributed by atoms with Crippen molar-refractivity contribution in [3.63, 3.8) is 0 Å². The topological polar surface area (TPSA) is 93.3 Å². The van der Waals surface area contributed by atoms with Gasteiger partial charge in [-0.3, -0.25) is 4.79 Å². The molecule has 1 aromatic heterocycles. The molecule has 0 aliphatic rings. The Labute approximate surface area is 122 Å². The monoisotopic (exact) mass is 312 g/mol. The van der Waals surface area contributed by atoms with Gasteiger partial charge in [0.25, 0.3) is 0 Å². The van der Waals surface area contributed by atoms with Crippen LogP contribution in [0.2, 0.25) is 5.02 Å². The maximum atomic E-state index is 14.0. The number of carboxylic acids is 1. The zero-order valence-electron chi connectivity index (χ0n) is 10.2. The van der Waals surface area contributed by atoms with Gasteiger partial charge in [0, 0.05) is 5.56 Å². The van der Waals surface area contributed by atoms with Gasteiger partial charge in [-0.15, -0.1) is 0 Å². The summed E-state index contributed by atoms with van der Waals surface area (Å²) >= 11 is 5.60. The molecule has 0 aliphatic carbocycles. The molecule has 0 aliphatic heterocycles. The first kappa shape index (κ1) is 14.9. The van der Waals surface area contributed by atoms with Crippen LogP contribution in [0, 0.1) is 11.6 Å². The second-order valence-corrected chi connectivity index (χ2v) is 4.39. The van der Waals surface area contributed by atoms with Crippen molar-refractivity contribution in [3.05, 3.63) is 46.1 Å². The first-order valence-electron chi connectivity index (χ1n) is 5.49. The number of aromatic nitrogens is 1. The summed E-state index contributed by atoms with van der Waals surface area (Å²) in [6, 6.07) is 3.19. The molecule has 1 heterocycles. The third-order valence-electron chi connectivity index (χ3n) is 2.72. The Kier molecular flexibility index (Phi) is 3.86. The molecule has 8 heteroatoms. The molecule has 1 aromatic carbocycles. The molecule has 0 unspecified atom stereocenters. The summed E-state index contributed by atoms with van der Waals surface area (Å²) in [7, 11) is 0. The minimum atomic E-state index is -1.50. The fraction of sp³-hybridized carbons (Fsp3) is 0. The molecule has 0 saturated heterocycles. The zero-order chi connectivity index (χ0) is 15.7. The van der Waals surface area contributed by atoms with Crippen molar-refractivity contribution in [1.29, 1.82) is 0 Å². The van der Waals surface area contributed by atoms with E-state index in [0.717, 1.165) is 12.1 Å². The van der Waals surface area contributed by atoms with Gasteiger partial charge < -0.3 is 10.8 Å². The largest absolute Gasteiger partial charge is 0.476 e. The smallest absolute Gasteiger partial charge is 0.356 e. The molecule has 21 heavy (non-hydrogen) atoms. The second-order valence-electron chi connectivity index (χ2n) is 4.01.